The van der Waals surface area contributed by atoms with Crippen molar-refractivity contribution in [3.8, 4) is 0 Å². The molecule has 0 aromatic heterocycles. The zero-order valence-electron chi connectivity index (χ0n) is 31.6. The van der Waals surface area contributed by atoms with E-state index in [1.165, 1.54) is 180 Å². The van der Waals surface area contributed by atoms with E-state index in [2.05, 4.69) is 27.7 Å². The molecule has 0 spiro atoms. The quantitative estimate of drug-likeness (QED) is 0.0462. The number of hydrogen-bond donors (Lipinski definition) is 0. The van der Waals surface area contributed by atoms with Crippen LogP contribution < -0.4 is 0 Å². The summed E-state index contributed by atoms with van der Waals surface area (Å²) < 4.78 is 26.5. The molecule has 0 saturated heterocycles. The molecule has 0 fully saturated rings. The minimum Gasteiger partial charge on any atom is -0.0654 e. The Bertz CT molecular complexity index is 486. The van der Waals surface area contributed by atoms with Gasteiger partial charge in [0.2, 0.25) is 0 Å². The molecule has 0 aliphatic rings. The third-order valence-corrected chi connectivity index (χ3v) is 15.5. The number of rotatable bonds is 40. The smallest absolute Gasteiger partial charge is 0.0654 e. The van der Waals surface area contributed by atoms with Crippen molar-refractivity contribution < 1.29 is 12.3 Å². The van der Waals surface area contributed by atoms with Crippen LogP contribution in [0.2, 0.25) is 0 Å². The summed E-state index contributed by atoms with van der Waals surface area (Å²) in [5, 5.41) is 0. The van der Waals surface area contributed by atoms with E-state index in [9.17, 15) is 0 Å². The molecule has 0 unspecified atom stereocenters. The summed E-state index contributed by atoms with van der Waals surface area (Å²) in [4.78, 5) is 0. The summed E-state index contributed by atoms with van der Waals surface area (Å²) in [6, 6.07) is 0. The Morgan fingerprint density at radius 1 is 0.222 bits per heavy atom. The molecular formula is C40H84O4Sn. The fourth-order valence-corrected chi connectivity index (χ4v) is 11.9. The predicted molar refractivity (Wildman–Crippen MR) is 200 cm³/mol. The summed E-state index contributed by atoms with van der Waals surface area (Å²) in [6.07, 6.45) is 41.9. The van der Waals surface area contributed by atoms with Crippen molar-refractivity contribution in [3.63, 3.8) is 0 Å². The van der Waals surface area contributed by atoms with Gasteiger partial charge >= 0.3 is 278 Å². The molecule has 45 heavy (non-hydrogen) atoms. The second kappa shape index (κ2) is 39.1. The summed E-state index contributed by atoms with van der Waals surface area (Å²) in [7, 11) is 0. The van der Waals surface area contributed by atoms with Gasteiger partial charge < -0.3 is 0 Å². The van der Waals surface area contributed by atoms with E-state index in [1.807, 2.05) is 0 Å². The Morgan fingerprint density at radius 2 is 0.378 bits per heavy atom. The van der Waals surface area contributed by atoms with Crippen molar-refractivity contribution in [2.75, 3.05) is 26.4 Å². The minimum absolute atomic E-state index is 0.731. The van der Waals surface area contributed by atoms with E-state index < -0.39 is 20.0 Å². The molecule has 0 atom stereocenters. The SMILES string of the molecule is CCCCCCCCCCCC[O][Sn]([O]CCCCCCCC)([O]CCCCCCCC)[O]CCCCCCCCCCCC. The van der Waals surface area contributed by atoms with Crippen molar-refractivity contribution in [2.24, 2.45) is 0 Å². The van der Waals surface area contributed by atoms with Crippen LogP contribution in [0.3, 0.4) is 0 Å². The van der Waals surface area contributed by atoms with Gasteiger partial charge in [0.15, 0.2) is 0 Å². The Morgan fingerprint density at radius 3 is 0.556 bits per heavy atom. The average molecular weight is 748 g/mol. The third-order valence-electron chi connectivity index (χ3n) is 9.11. The Kier molecular flexibility index (Phi) is 39.6. The van der Waals surface area contributed by atoms with Gasteiger partial charge in [0.25, 0.3) is 0 Å². The van der Waals surface area contributed by atoms with Gasteiger partial charge in [0, 0.05) is 0 Å². The van der Waals surface area contributed by atoms with Crippen LogP contribution in [0, 0.1) is 0 Å². The first-order chi connectivity index (χ1) is 22.2. The maximum atomic E-state index is 6.63. The van der Waals surface area contributed by atoms with Crippen molar-refractivity contribution in [3.05, 3.63) is 0 Å². The van der Waals surface area contributed by atoms with E-state index in [4.69, 9.17) is 12.3 Å². The predicted octanol–water partition coefficient (Wildman–Crippen LogP) is 14.1. The summed E-state index contributed by atoms with van der Waals surface area (Å²) >= 11 is -4.06. The molecule has 0 bridgehead atoms. The van der Waals surface area contributed by atoms with Crippen LogP contribution in [0.1, 0.15) is 233 Å². The third kappa shape index (κ3) is 34.3. The van der Waals surface area contributed by atoms with Gasteiger partial charge in [-0.15, -0.1) is 0 Å². The van der Waals surface area contributed by atoms with E-state index in [0.29, 0.717) is 0 Å². The second-order valence-corrected chi connectivity index (χ2v) is 19.9. The van der Waals surface area contributed by atoms with Crippen LogP contribution in [-0.2, 0) is 12.3 Å². The van der Waals surface area contributed by atoms with Crippen LogP contribution >= 0.6 is 0 Å². The first kappa shape index (κ1) is 45.6. The molecule has 0 N–H and O–H groups in total. The first-order valence-corrected chi connectivity index (χ1v) is 25.5. The molecule has 0 aliphatic heterocycles. The normalized spacial score (nSPS) is 12.0. The molecule has 5 heteroatoms. The van der Waals surface area contributed by atoms with E-state index in [0.717, 1.165) is 52.1 Å². The van der Waals surface area contributed by atoms with Crippen LogP contribution in [0.4, 0.5) is 0 Å². The monoisotopic (exact) mass is 749 g/mol. The van der Waals surface area contributed by atoms with Gasteiger partial charge in [-0.05, 0) is 0 Å². The molecule has 0 aliphatic carbocycles. The minimum atomic E-state index is -4.06. The number of unbranched alkanes of at least 4 members (excludes halogenated alkanes) is 28. The van der Waals surface area contributed by atoms with Crippen molar-refractivity contribution in [1.82, 2.24) is 0 Å². The van der Waals surface area contributed by atoms with Crippen LogP contribution in [0.15, 0.2) is 0 Å². The fourth-order valence-electron chi connectivity index (χ4n) is 5.98. The van der Waals surface area contributed by atoms with Gasteiger partial charge in [0.05, 0.1) is 0 Å². The molecule has 0 rings (SSSR count). The topological polar surface area (TPSA) is 36.9 Å². The van der Waals surface area contributed by atoms with Gasteiger partial charge in [-0.25, -0.2) is 0 Å². The van der Waals surface area contributed by atoms with E-state index >= 15 is 0 Å². The fraction of sp³-hybridized carbons (Fsp3) is 1.00. The Hall–Kier alpha value is 0.639. The molecule has 0 amide bonds. The van der Waals surface area contributed by atoms with Gasteiger partial charge in [-0.2, -0.15) is 0 Å². The van der Waals surface area contributed by atoms with Crippen molar-refractivity contribution in [1.29, 1.82) is 0 Å². The summed E-state index contributed by atoms with van der Waals surface area (Å²) in [5.41, 5.74) is 0. The summed E-state index contributed by atoms with van der Waals surface area (Å²) in [6.45, 7) is 12.1. The summed E-state index contributed by atoms with van der Waals surface area (Å²) in [5.74, 6) is 0. The van der Waals surface area contributed by atoms with Crippen LogP contribution in [-0.4, -0.2) is 46.5 Å². The second-order valence-electron chi connectivity index (χ2n) is 13.8. The first-order valence-electron chi connectivity index (χ1n) is 20.8. The zero-order valence-corrected chi connectivity index (χ0v) is 34.4. The van der Waals surface area contributed by atoms with Crippen molar-refractivity contribution in [2.45, 2.75) is 233 Å². The molecule has 0 radical (unpaired) electrons. The molecule has 0 heterocycles. The molecule has 0 saturated carbocycles. The zero-order chi connectivity index (χ0) is 32.8. The van der Waals surface area contributed by atoms with E-state index in [1.54, 1.807) is 0 Å². The van der Waals surface area contributed by atoms with Crippen LogP contribution in [0.25, 0.3) is 0 Å². The molecule has 0 aromatic rings. The molecule has 4 nitrogen and oxygen atoms in total. The van der Waals surface area contributed by atoms with Crippen molar-refractivity contribution >= 4 is 20.0 Å². The average Bonchev–Trinajstić information content (AvgIpc) is 3.05. The van der Waals surface area contributed by atoms with E-state index in [-0.39, 0.29) is 0 Å². The maximum absolute atomic E-state index is 6.63. The Balaban J connectivity index is 4.75. The molecule has 0 aromatic carbocycles. The number of hydrogen-bond acceptors (Lipinski definition) is 4. The van der Waals surface area contributed by atoms with Gasteiger partial charge in [-0.3, -0.25) is 0 Å². The Labute approximate surface area is 290 Å². The van der Waals surface area contributed by atoms with Gasteiger partial charge in [-0.1, -0.05) is 13.8 Å². The standard InChI is InChI=1S/2C12H25O.2C8H17O.Sn/c2*1-2-3-4-5-6-7-8-9-10-11-12-13;2*1-2-3-4-5-6-7-8-9;/h2*2-12H2,1H3;2*2-8H2,1H3;/q4*-1;+4. The molecular weight excluding hydrogens is 663 g/mol. The van der Waals surface area contributed by atoms with Gasteiger partial charge in [0.1, 0.15) is 0 Å². The van der Waals surface area contributed by atoms with Crippen LogP contribution in [0.5, 0.6) is 0 Å². The molecule has 272 valence electrons.